The van der Waals surface area contributed by atoms with Crippen LogP contribution in [0.25, 0.3) is 6.08 Å². The maximum Gasteiger partial charge on any atom is 0.163 e. The van der Waals surface area contributed by atoms with Crippen LogP contribution >= 0.6 is 0 Å². The Bertz CT molecular complexity index is 756. The largest absolute Gasteiger partial charge is 0.374 e. The second-order valence-corrected chi connectivity index (χ2v) is 7.25. The molecule has 2 nitrogen and oxygen atoms in total. The number of allylic oxidation sites excluding steroid dienone is 1. The molecule has 0 aliphatic heterocycles. The number of aryl methyl sites for hydroxylation is 2. The van der Waals surface area contributed by atoms with E-state index in [-0.39, 0.29) is 5.92 Å². The second kappa shape index (κ2) is 7.69. The van der Waals surface area contributed by atoms with E-state index in [1.54, 1.807) is 0 Å². The van der Waals surface area contributed by atoms with Gasteiger partial charge >= 0.3 is 0 Å². The van der Waals surface area contributed by atoms with Gasteiger partial charge in [-0.1, -0.05) is 47.5 Å². The minimum atomic E-state index is 0.0942. The summed E-state index contributed by atoms with van der Waals surface area (Å²) >= 11 is 0. The predicted molar refractivity (Wildman–Crippen MR) is 106 cm³/mol. The lowest BCUT2D eigenvalue weighted by Gasteiger charge is -2.28. The molecule has 1 unspecified atom stereocenters. The van der Waals surface area contributed by atoms with Crippen LogP contribution in [0.15, 0.2) is 54.1 Å². The van der Waals surface area contributed by atoms with E-state index in [1.807, 2.05) is 0 Å². The lowest BCUT2D eigenvalue weighted by molar-refractivity contribution is -0.120. The van der Waals surface area contributed by atoms with E-state index in [9.17, 15) is 4.79 Å². The molecular formula is C23H27NO. The molecule has 0 aromatic heterocycles. The highest BCUT2D eigenvalue weighted by Gasteiger charge is 2.27. The first-order valence-corrected chi connectivity index (χ1v) is 9.12. The number of Topliss-reactive ketones (excluding diaryl/α,β-unsaturated/α-hetero) is 1. The standard InChI is InChI=1S/C23H27NO/c1-17-7-11-19(12-8-17)15-20-5-4-6-21(23(20)25)16-24(3)22-13-9-18(2)10-14-22/h7-15,21H,4-6,16H2,1-3H3/b20-15+. The Balaban J connectivity index is 1.71. The van der Waals surface area contributed by atoms with E-state index in [2.05, 4.69) is 80.4 Å². The summed E-state index contributed by atoms with van der Waals surface area (Å²) in [5.41, 5.74) is 5.79. The van der Waals surface area contributed by atoms with Crippen molar-refractivity contribution in [3.8, 4) is 0 Å². The average Bonchev–Trinajstić information content (AvgIpc) is 2.61. The molecule has 0 bridgehead atoms. The zero-order valence-electron chi connectivity index (χ0n) is 15.5. The summed E-state index contributed by atoms with van der Waals surface area (Å²) in [5.74, 6) is 0.419. The molecule has 0 spiro atoms. The summed E-state index contributed by atoms with van der Waals surface area (Å²) in [6.45, 7) is 4.96. The highest BCUT2D eigenvalue weighted by molar-refractivity contribution is 6.02. The minimum absolute atomic E-state index is 0.0942. The van der Waals surface area contributed by atoms with E-state index in [1.165, 1.54) is 16.8 Å². The first-order chi connectivity index (χ1) is 12.0. The summed E-state index contributed by atoms with van der Waals surface area (Å²) in [6.07, 6.45) is 5.06. The zero-order chi connectivity index (χ0) is 17.8. The van der Waals surface area contributed by atoms with Crippen LogP contribution < -0.4 is 4.90 Å². The van der Waals surface area contributed by atoms with Gasteiger partial charge in [-0.25, -0.2) is 0 Å². The fourth-order valence-electron chi connectivity index (χ4n) is 3.47. The molecule has 3 rings (SSSR count). The smallest absolute Gasteiger partial charge is 0.163 e. The topological polar surface area (TPSA) is 20.3 Å². The van der Waals surface area contributed by atoms with Gasteiger partial charge in [0, 0.05) is 25.2 Å². The molecule has 0 amide bonds. The molecule has 1 fully saturated rings. The third-order valence-electron chi connectivity index (χ3n) is 5.07. The lowest BCUT2D eigenvalue weighted by Crippen LogP contribution is -2.33. The van der Waals surface area contributed by atoms with E-state index < -0.39 is 0 Å². The Morgan fingerprint density at radius 1 is 1.00 bits per heavy atom. The molecule has 2 aromatic rings. The molecule has 1 atom stereocenters. The van der Waals surface area contributed by atoms with Crippen molar-refractivity contribution in [3.05, 3.63) is 70.8 Å². The van der Waals surface area contributed by atoms with Crippen molar-refractivity contribution in [2.75, 3.05) is 18.5 Å². The number of hydrogen-bond acceptors (Lipinski definition) is 2. The molecule has 130 valence electrons. The van der Waals surface area contributed by atoms with Crippen LogP contribution in [-0.4, -0.2) is 19.4 Å². The summed E-state index contributed by atoms with van der Waals surface area (Å²) in [6, 6.07) is 16.9. The summed E-state index contributed by atoms with van der Waals surface area (Å²) in [5, 5.41) is 0. The first kappa shape index (κ1) is 17.5. The summed E-state index contributed by atoms with van der Waals surface area (Å²) in [7, 11) is 2.08. The van der Waals surface area contributed by atoms with Gasteiger partial charge in [0.2, 0.25) is 0 Å². The normalized spacial score (nSPS) is 19.2. The van der Waals surface area contributed by atoms with Crippen molar-refractivity contribution in [2.24, 2.45) is 5.92 Å². The number of hydrogen-bond donors (Lipinski definition) is 0. The van der Waals surface area contributed by atoms with Gasteiger partial charge in [-0.3, -0.25) is 4.79 Å². The van der Waals surface area contributed by atoms with E-state index in [4.69, 9.17) is 0 Å². The Labute approximate surface area is 151 Å². The Kier molecular flexibility index (Phi) is 5.37. The van der Waals surface area contributed by atoms with E-state index in [0.717, 1.165) is 36.9 Å². The first-order valence-electron chi connectivity index (χ1n) is 9.12. The van der Waals surface area contributed by atoms with Gasteiger partial charge in [-0.15, -0.1) is 0 Å². The molecule has 25 heavy (non-hydrogen) atoms. The highest BCUT2D eigenvalue weighted by atomic mass is 16.1. The third kappa shape index (κ3) is 4.39. The SMILES string of the molecule is Cc1ccc(/C=C2\CCCC(CN(C)c3ccc(C)cc3)C2=O)cc1. The van der Waals surface area contributed by atoms with Gasteiger partial charge in [-0.2, -0.15) is 0 Å². The maximum atomic E-state index is 12.9. The van der Waals surface area contributed by atoms with Crippen molar-refractivity contribution >= 4 is 17.5 Å². The number of nitrogens with zero attached hydrogens (tertiary/aromatic N) is 1. The molecule has 1 aliphatic carbocycles. The molecule has 0 heterocycles. The average molecular weight is 333 g/mol. The zero-order valence-corrected chi connectivity index (χ0v) is 15.5. The summed E-state index contributed by atoms with van der Waals surface area (Å²) in [4.78, 5) is 15.1. The quantitative estimate of drug-likeness (QED) is 0.717. The molecule has 1 aliphatic rings. The fraction of sp³-hybridized carbons (Fsp3) is 0.348. The van der Waals surface area contributed by atoms with Crippen molar-refractivity contribution in [2.45, 2.75) is 33.1 Å². The fourth-order valence-corrected chi connectivity index (χ4v) is 3.47. The van der Waals surface area contributed by atoms with Crippen molar-refractivity contribution < 1.29 is 4.79 Å². The van der Waals surface area contributed by atoms with Gasteiger partial charge in [-0.05, 0) is 62.5 Å². The lowest BCUT2D eigenvalue weighted by atomic mass is 9.83. The van der Waals surface area contributed by atoms with Crippen LogP contribution in [0.4, 0.5) is 5.69 Å². The number of benzene rings is 2. The van der Waals surface area contributed by atoms with Crippen LogP contribution in [0, 0.1) is 19.8 Å². The second-order valence-electron chi connectivity index (χ2n) is 7.25. The maximum absolute atomic E-state index is 12.9. The van der Waals surface area contributed by atoms with E-state index in [0.29, 0.717) is 5.78 Å². The number of carbonyl (C=O) groups excluding carboxylic acids is 1. The monoisotopic (exact) mass is 333 g/mol. The molecule has 0 N–H and O–H groups in total. The number of carbonyl (C=O) groups is 1. The minimum Gasteiger partial charge on any atom is -0.374 e. The Hall–Kier alpha value is -2.35. The Morgan fingerprint density at radius 3 is 2.24 bits per heavy atom. The van der Waals surface area contributed by atoms with Gasteiger partial charge in [0.25, 0.3) is 0 Å². The molecule has 1 saturated carbocycles. The molecule has 2 aromatic carbocycles. The van der Waals surface area contributed by atoms with Crippen LogP contribution in [0.3, 0.4) is 0 Å². The van der Waals surface area contributed by atoms with Crippen molar-refractivity contribution in [1.29, 1.82) is 0 Å². The molecule has 0 saturated heterocycles. The third-order valence-corrected chi connectivity index (χ3v) is 5.07. The van der Waals surface area contributed by atoms with Crippen LogP contribution in [0.2, 0.25) is 0 Å². The van der Waals surface area contributed by atoms with Crippen LogP contribution in [0.5, 0.6) is 0 Å². The summed E-state index contributed by atoms with van der Waals surface area (Å²) < 4.78 is 0. The number of rotatable bonds is 4. The van der Waals surface area contributed by atoms with Gasteiger partial charge in [0.05, 0.1) is 0 Å². The van der Waals surface area contributed by atoms with Gasteiger partial charge < -0.3 is 4.90 Å². The highest BCUT2D eigenvalue weighted by Crippen LogP contribution is 2.28. The van der Waals surface area contributed by atoms with Crippen molar-refractivity contribution in [3.63, 3.8) is 0 Å². The molecule has 2 heteroatoms. The van der Waals surface area contributed by atoms with Crippen LogP contribution in [0.1, 0.15) is 36.0 Å². The van der Waals surface area contributed by atoms with Gasteiger partial charge in [0.15, 0.2) is 5.78 Å². The number of anilines is 1. The Morgan fingerprint density at radius 2 is 1.60 bits per heavy atom. The molecule has 0 radical (unpaired) electrons. The molecular weight excluding hydrogens is 306 g/mol. The number of ketones is 1. The predicted octanol–water partition coefficient (Wildman–Crippen LogP) is 5.19. The van der Waals surface area contributed by atoms with Crippen LogP contribution in [-0.2, 0) is 4.79 Å². The van der Waals surface area contributed by atoms with Gasteiger partial charge in [0.1, 0.15) is 0 Å². The van der Waals surface area contributed by atoms with Crippen molar-refractivity contribution in [1.82, 2.24) is 0 Å². The van der Waals surface area contributed by atoms with E-state index >= 15 is 0 Å².